The Morgan fingerprint density at radius 2 is 2.15 bits per heavy atom. The number of hydrogen-bond acceptors (Lipinski definition) is 2. The highest BCUT2D eigenvalue weighted by Crippen LogP contribution is 2.31. The van der Waals surface area contributed by atoms with E-state index in [4.69, 9.17) is 5.21 Å². The van der Waals surface area contributed by atoms with Crippen molar-refractivity contribution in [3.05, 3.63) is 11.6 Å². The highest BCUT2D eigenvalue weighted by atomic mass is 16.4. The van der Waals surface area contributed by atoms with Crippen LogP contribution >= 0.6 is 0 Å². The van der Waals surface area contributed by atoms with E-state index in [1.807, 2.05) is 0 Å². The first-order valence-electron chi connectivity index (χ1n) is 5.05. The molecule has 74 valence electrons. The molecule has 0 amide bonds. The van der Waals surface area contributed by atoms with Gasteiger partial charge >= 0.3 is 0 Å². The minimum Gasteiger partial charge on any atom is -0.411 e. The van der Waals surface area contributed by atoms with Gasteiger partial charge in [0.05, 0.1) is 6.21 Å². The van der Waals surface area contributed by atoms with Gasteiger partial charge in [-0.25, -0.2) is 0 Å². The van der Waals surface area contributed by atoms with Crippen molar-refractivity contribution in [2.45, 2.75) is 46.0 Å². The van der Waals surface area contributed by atoms with Crippen LogP contribution in [0.15, 0.2) is 16.8 Å². The van der Waals surface area contributed by atoms with E-state index in [-0.39, 0.29) is 5.41 Å². The molecule has 1 rings (SSSR count). The van der Waals surface area contributed by atoms with Crippen molar-refractivity contribution in [2.24, 2.45) is 10.6 Å². The SMILES string of the molecule is CC(C)(/C=N/O)C1=CCCCCC1. The summed E-state index contributed by atoms with van der Waals surface area (Å²) >= 11 is 0. The quantitative estimate of drug-likeness (QED) is 0.301. The molecule has 0 fully saturated rings. The van der Waals surface area contributed by atoms with Crippen LogP contribution < -0.4 is 0 Å². The Bertz CT molecular complexity index is 216. The number of nitrogens with zero attached hydrogens (tertiary/aromatic N) is 1. The summed E-state index contributed by atoms with van der Waals surface area (Å²) in [6.45, 7) is 4.20. The first-order chi connectivity index (χ1) is 6.17. The number of rotatable bonds is 2. The van der Waals surface area contributed by atoms with Gasteiger partial charge in [-0.15, -0.1) is 5.16 Å². The van der Waals surface area contributed by atoms with Crippen LogP contribution in [-0.2, 0) is 0 Å². The van der Waals surface area contributed by atoms with E-state index >= 15 is 0 Å². The Kier molecular flexibility index (Phi) is 3.52. The van der Waals surface area contributed by atoms with Crippen molar-refractivity contribution in [3.8, 4) is 0 Å². The summed E-state index contributed by atoms with van der Waals surface area (Å²) in [5.41, 5.74) is 1.35. The molecule has 1 aliphatic carbocycles. The molecule has 1 aliphatic rings. The molecule has 0 aromatic rings. The van der Waals surface area contributed by atoms with Gasteiger partial charge in [0.15, 0.2) is 0 Å². The van der Waals surface area contributed by atoms with Crippen LogP contribution in [0.4, 0.5) is 0 Å². The molecular formula is C11H19NO. The number of allylic oxidation sites excluding steroid dienone is 2. The fourth-order valence-corrected chi connectivity index (χ4v) is 1.83. The molecule has 0 atom stereocenters. The lowest BCUT2D eigenvalue weighted by atomic mass is 9.83. The van der Waals surface area contributed by atoms with Crippen LogP contribution in [-0.4, -0.2) is 11.4 Å². The summed E-state index contributed by atoms with van der Waals surface area (Å²) in [5, 5.41) is 11.7. The van der Waals surface area contributed by atoms with E-state index in [1.54, 1.807) is 6.21 Å². The van der Waals surface area contributed by atoms with Crippen molar-refractivity contribution >= 4 is 6.21 Å². The number of oxime groups is 1. The van der Waals surface area contributed by atoms with E-state index in [0.717, 1.165) is 6.42 Å². The Labute approximate surface area is 80.3 Å². The first-order valence-corrected chi connectivity index (χ1v) is 5.05. The van der Waals surface area contributed by atoms with Gasteiger partial charge in [0.2, 0.25) is 0 Å². The van der Waals surface area contributed by atoms with Crippen molar-refractivity contribution in [1.82, 2.24) is 0 Å². The highest BCUT2D eigenvalue weighted by molar-refractivity contribution is 5.68. The minimum atomic E-state index is -0.0703. The lowest BCUT2D eigenvalue weighted by Crippen LogP contribution is -2.16. The summed E-state index contributed by atoms with van der Waals surface area (Å²) in [6.07, 6.45) is 10.2. The van der Waals surface area contributed by atoms with Crippen molar-refractivity contribution < 1.29 is 5.21 Å². The third-order valence-electron chi connectivity index (χ3n) is 2.75. The highest BCUT2D eigenvalue weighted by Gasteiger charge is 2.21. The van der Waals surface area contributed by atoms with Crippen LogP contribution in [0.2, 0.25) is 0 Å². The lowest BCUT2D eigenvalue weighted by molar-refractivity contribution is 0.315. The van der Waals surface area contributed by atoms with Gasteiger partial charge in [0.1, 0.15) is 0 Å². The maximum Gasteiger partial charge on any atom is 0.0532 e. The average Bonchev–Trinajstić information content (AvgIpc) is 2.31. The molecule has 0 radical (unpaired) electrons. The van der Waals surface area contributed by atoms with Crippen LogP contribution in [0.25, 0.3) is 0 Å². The Morgan fingerprint density at radius 3 is 2.85 bits per heavy atom. The summed E-state index contributed by atoms with van der Waals surface area (Å²) in [5.74, 6) is 0. The largest absolute Gasteiger partial charge is 0.411 e. The maximum atomic E-state index is 8.55. The molecule has 0 heterocycles. The zero-order valence-electron chi connectivity index (χ0n) is 8.58. The molecular weight excluding hydrogens is 162 g/mol. The second-order valence-corrected chi connectivity index (χ2v) is 4.29. The molecule has 2 heteroatoms. The van der Waals surface area contributed by atoms with Crippen LogP contribution in [0, 0.1) is 5.41 Å². The maximum absolute atomic E-state index is 8.55. The van der Waals surface area contributed by atoms with Crippen molar-refractivity contribution in [1.29, 1.82) is 0 Å². The molecule has 13 heavy (non-hydrogen) atoms. The van der Waals surface area contributed by atoms with Gasteiger partial charge in [-0.05, 0) is 25.7 Å². The van der Waals surface area contributed by atoms with E-state index < -0.39 is 0 Å². The fourth-order valence-electron chi connectivity index (χ4n) is 1.83. The van der Waals surface area contributed by atoms with E-state index in [1.165, 1.54) is 31.3 Å². The third-order valence-corrected chi connectivity index (χ3v) is 2.75. The predicted octanol–water partition coefficient (Wildman–Crippen LogP) is 3.36. The summed E-state index contributed by atoms with van der Waals surface area (Å²) in [7, 11) is 0. The molecule has 0 saturated heterocycles. The normalized spacial score (nSPS) is 20.0. The Balaban J connectivity index is 2.72. The molecule has 0 aromatic carbocycles. The smallest absolute Gasteiger partial charge is 0.0532 e. The van der Waals surface area contributed by atoms with Gasteiger partial charge in [-0.3, -0.25) is 0 Å². The molecule has 1 N–H and O–H groups in total. The first kappa shape index (κ1) is 10.3. The summed E-state index contributed by atoms with van der Waals surface area (Å²) < 4.78 is 0. The molecule has 0 saturated carbocycles. The van der Waals surface area contributed by atoms with Gasteiger partial charge in [0.25, 0.3) is 0 Å². The monoisotopic (exact) mass is 181 g/mol. The zero-order valence-corrected chi connectivity index (χ0v) is 8.58. The van der Waals surface area contributed by atoms with Crippen molar-refractivity contribution in [2.75, 3.05) is 0 Å². The van der Waals surface area contributed by atoms with E-state index in [2.05, 4.69) is 25.1 Å². The topological polar surface area (TPSA) is 32.6 Å². The van der Waals surface area contributed by atoms with Crippen molar-refractivity contribution in [3.63, 3.8) is 0 Å². The predicted molar refractivity (Wildman–Crippen MR) is 55.2 cm³/mol. The second-order valence-electron chi connectivity index (χ2n) is 4.29. The molecule has 0 spiro atoms. The van der Waals surface area contributed by atoms with Gasteiger partial charge < -0.3 is 5.21 Å². The van der Waals surface area contributed by atoms with E-state index in [0.29, 0.717) is 0 Å². The summed E-state index contributed by atoms with van der Waals surface area (Å²) in [4.78, 5) is 0. The summed E-state index contributed by atoms with van der Waals surface area (Å²) in [6, 6.07) is 0. The standard InChI is InChI=1S/C11H19NO/c1-11(2,9-12-13)10-7-5-3-4-6-8-10/h7,9,13H,3-6,8H2,1-2H3/b12-9+. The van der Waals surface area contributed by atoms with E-state index in [9.17, 15) is 0 Å². The van der Waals surface area contributed by atoms with Crippen LogP contribution in [0.3, 0.4) is 0 Å². The molecule has 0 bridgehead atoms. The van der Waals surface area contributed by atoms with Gasteiger partial charge in [0, 0.05) is 5.41 Å². The fraction of sp³-hybridized carbons (Fsp3) is 0.727. The lowest BCUT2D eigenvalue weighted by Gasteiger charge is -2.22. The molecule has 0 aliphatic heterocycles. The molecule has 0 unspecified atom stereocenters. The number of hydrogen-bond donors (Lipinski definition) is 1. The minimum absolute atomic E-state index is 0.0703. The second kappa shape index (κ2) is 4.45. The Hall–Kier alpha value is -0.790. The Morgan fingerprint density at radius 1 is 1.38 bits per heavy atom. The third kappa shape index (κ3) is 2.87. The zero-order chi connectivity index (χ0) is 9.73. The van der Waals surface area contributed by atoms with Crippen LogP contribution in [0.5, 0.6) is 0 Å². The van der Waals surface area contributed by atoms with Gasteiger partial charge in [-0.2, -0.15) is 0 Å². The van der Waals surface area contributed by atoms with Gasteiger partial charge in [-0.1, -0.05) is 31.9 Å². The average molecular weight is 181 g/mol. The van der Waals surface area contributed by atoms with Crippen LogP contribution in [0.1, 0.15) is 46.0 Å². The molecule has 2 nitrogen and oxygen atoms in total. The molecule has 0 aromatic heterocycles.